The second-order valence-electron chi connectivity index (χ2n) is 6.71. The minimum Gasteiger partial charge on any atom is -0.503 e. The first-order valence-electron chi connectivity index (χ1n) is 8.91. The molecule has 2 aliphatic rings. The van der Waals surface area contributed by atoms with Crippen LogP contribution in [0.2, 0.25) is 5.02 Å². The number of aliphatic hydroxyl groups excluding tert-OH is 1. The molecule has 2 N–H and O–H groups in total. The van der Waals surface area contributed by atoms with Gasteiger partial charge in [0.15, 0.2) is 11.5 Å². The highest BCUT2D eigenvalue weighted by atomic mass is 35.5. The Morgan fingerprint density at radius 2 is 2.04 bits per heavy atom. The summed E-state index contributed by atoms with van der Waals surface area (Å²) in [5, 5.41) is 10.7. The van der Waals surface area contributed by atoms with Gasteiger partial charge in [-0.3, -0.25) is 9.59 Å². The number of rotatable bonds is 6. The van der Waals surface area contributed by atoms with Crippen LogP contribution < -0.4 is 4.90 Å². The fourth-order valence-corrected chi connectivity index (χ4v) is 3.91. The summed E-state index contributed by atoms with van der Waals surface area (Å²) < 4.78 is 5.36. The number of hydrogen-bond acceptors (Lipinski definition) is 4. The standard InChI is InChI=1S/C19H23ClN2O4/c1-13(23)16-17(14-5-2-3-6-15(14)20)22(19(25)18(16)24)8-4-7-21-9-11-26-12-10-21/h2-3,5-6,17,24H,4,7-12H2,1H3/p+1/t17-/m0/s1. The molecule has 2 heterocycles. The first-order valence-corrected chi connectivity index (χ1v) is 9.29. The molecule has 7 heteroatoms. The van der Waals surface area contributed by atoms with Gasteiger partial charge >= 0.3 is 0 Å². The van der Waals surface area contributed by atoms with Crippen molar-refractivity contribution in [3.05, 3.63) is 46.2 Å². The quantitative estimate of drug-likeness (QED) is 0.771. The van der Waals surface area contributed by atoms with E-state index in [1.54, 1.807) is 23.1 Å². The highest BCUT2D eigenvalue weighted by molar-refractivity contribution is 6.31. The lowest BCUT2D eigenvalue weighted by Gasteiger charge is -2.28. The van der Waals surface area contributed by atoms with Gasteiger partial charge in [-0.15, -0.1) is 0 Å². The maximum absolute atomic E-state index is 12.6. The molecular weight excluding hydrogens is 356 g/mol. The van der Waals surface area contributed by atoms with Gasteiger partial charge in [0.1, 0.15) is 13.1 Å². The number of hydrogen-bond donors (Lipinski definition) is 2. The molecule has 0 saturated carbocycles. The average Bonchev–Trinajstić information content (AvgIpc) is 2.88. The number of carbonyl (C=O) groups excluding carboxylic acids is 2. The minimum atomic E-state index is -0.631. The molecule has 0 aromatic heterocycles. The molecular formula is C19H24ClN2O4+. The lowest BCUT2D eigenvalue weighted by Crippen LogP contribution is -3.14. The van der Waals surface area contributed by atoms with Crippen LogP contribution in [0.25, 0.3) is 0 Å². The second-order valence-corrected chi connectivity index (χ2v) is 7.11. The molecule has 2 aliphatic heterocycles. The molecule has 0 bridgehead atoms. The fourth-order valence-electron chi connectivity index (χ4n) is 3.67. The summed E-state index contributed by atoms with van der Waals surface area (Å²) >= 11 is 6.32. The maximum atomic E-state index is 12.6. The van der Waals surface area contributed by atoms with Crippen molar-refractivity contribution in [2.75, 3.05) is 39.4 Å². The highest BCUT2D eigenvalue weighted by Gasteiger charge is 2.42. The van der Waals surface area contributed by atoms with Crippen LogP contribution in [-0.4, -0.2) is 61.1 Å². The van der Waals surface area contributed by atoms with Gasteiger partial charge in [-0.25, -0.2) is 0 Å². The zero-order chi connectivity index (χ0) is 18.7. The molecule has 0 spiro atoms. The Morgan fingerprint density at radius 3 is 2.69 bits per heavy atom. The van der Waals surface area contributed by atoms with E-state index in [4.69, 9.17) is 16.3 Å². The lowest BCUT2D eigenvalue weighted by molar-refractivity contribution is -0.908. The van der Waals surface area contributed by atoms with E-state index >= 15 is 0 Å². The number of carbonyl (C=O) groups is 2. The molecule has 1 fully saturated rings. The summed E-state index contributed by atoms with van der Waals surface area (Å²) in [4.78, 5) is 27.7. The van der Waals surface area contributed by atoms with E-state index in [-0.39, 0.29) is 11.4 Å². The van der Waals surface area contributed by atoms with Gasteiger partial charge in [-0.05, 0) is 18.6 Å². The molecule has 3 rings (SSSR count). The molecule has 0 unspecified atom stereocenters. The lowest BCUT2D eigenvalue weighted by atomic mass is 9.96. The predicted octanol–water partition coefficient (Wildman–Crippen LogP) is 0.930. The number of morpholine rings is 1. The number of Topliss-reactive ketones (excluding diaryl/α,β-unsaturated/α-hetero) is 1. The van der Waals surface area contributed by atoms with Crippen LogP contribution in [0.15, 0.2) is 35.6 Å². The van der Waals surface area contributed by atoms with E-state index in [9.17, 15) is 14.7 Å². The first kappa shape index (κ1) is 18.9. The number of nitrogens with zero attached hydrogens (tertiary/aromatic N) is 1. The fraction of sp³-hybridized carbons (Fsp3) is 0.474. The van der Waals surface area contributed by atoms with Gasteiger partial charge in [-0.1, -0.05) is 29.8 Å². The van der Waals surface area contributed by atoms with Crippen LogP contribution in [0.1, 0.15) is 24.9 Å². The van der Waals surface area contributed by atoms with Gasteiger partial charge in [0.05, 0.1) is 31.4 Å². The summed E-state index contributed by atoms with van der Waals surface area (Å²) in [6.07, 6.45) is 0.778. The highest BCUT2D eigenvalue weighted by Crippen LogP contribution is 2.40. The van der Waals surface area contributed by atoms with Gasteiger partial charge in [0.25, 0.3) is 5.91 Å². The summed E-state index contributed by atoms with van der Waals surface area (Å²) in [7, 11) is 0. The van der Waals surface area contributed by atoms with E-state index in [2.05, 4.69) is 0 Å². The third kappa shape index (κ3) is 3.77. The van der Waals surface area contributed by atoms with Gasteiger partial charge < -0.3 is 19.6 Å². The van der Waals surface area contributed by atoms with Crippen LogP contribution in [-0.2, 0) is 14.3 Å². The number of benzene rings is 1. The number of halogens is 1. The van der Waals surface area contributed by atoms with Gasteiger partial charge in [-0.2, -0.15) is 0 Å². The number of quaternary nitrogens is 1. The van der Waals surface area contributed by atoms with Gasteiger partial charge in [0.2, 0.25) is 0 Å². The van der Waals surface area contributed by atoms with Crippen LogP contribution in [0.5, 0.6) is 0 Å². The van der Waals surface area contributed by atoms with Crippen molar-refractivity contribution in [1.82, 2.24) is 4.90 Å². The Bertz CT molecular complexity index is 728. The molecule has 1 aromatic rings. The van der Waals surface area contributed by atoms with Crippen molar-refractivity contribution in [1.29, 1.82) is 0 Å². The number of nitrogens with one attached hydrogen (secondary N) is 1. The van der Waals surface area contributed by atoms with Gasteiger partial charge in [0, 0.05) is 18.0 Å². The molecule has 1 atom stereocenters. The van der Waals surface area contributed by atoms with Crippen molar-refractivity contribution < 1.29 is 24.3 Å². The maximum Gasteiger partial charge on any atom is 0.290 e. The normalized spacial score (nSPS) is 21.5. The Hall–Kier alpha value is -1.89. The molecule has 1 saturated heterocycles. The SMILES string of the molecule is CC(=O)C1=C(O)C(=O)N(CCC[NH+]2CCOCC2)[C@H]1c1ccccc1Cl. The Morgan fingerprint density at radius 1 is 1.35 bits per heavy atom. The van der Waals surface area contributed by atoms with E-state index in [1.165, 1.54) is 11.8 Å². The van der Waals surface area contributed by atoms with Crippen LogP contribution in [0.3, 0.4) is 0 Å². The van der Waals surface area contributed by atoms with Crippen molar-refractivity contribution >= 4 is 23.3 Å². The predicted molar refractivity (Wildman–Crippen MR) is 97.2 cm³/mol. The third-order valence-corrected chi connectivity index (χ3v) is 5.36. The first-order chi connectivity index (χ1) is 12.5. The van der Waals surface area contributed by atoms with Crippen molar-refractivity contribution in [3.8, 4) is 0 Å². The molecule has 140 valence electrons. The summed E-state index contributed by atoms with van der Waals surface area (Å²) in [5.41, 5.74) is 0.789. The molecule has 6 nitrogen and oxygen atoms in total. The molecule has 0 radical (unpaired) electrons. The molecule has 26 heavy (non-hydrogen) atoms. The summed E-state index contributed by atoms with van der Waals surface area (Å²) in [6, 6.07) is 6.50. The minimum absolute atomic E-state index is 0.127. The topological polar surface area (TPSA) is 71.3 Å². The largest absolute Gasteiger partial charge is 0.503 e. The summed E-state index contributed by atoms with van der Waals surface area (Å²) in [5.74, 6) is -1.28. The Labute approximate surface area is 158 Å². The Kier molecular flexibility index (Phi) is 5.96. The molecule has 0 aliphatic carbocycles. The van der Waals surface area contributed by atoms with Crippen LogP contribution in [0.4, 0.5) is 0 Å². The zero-order valence-corrected chi connectivity index (χ0v) is 15.6. The van der Waals surface area contributed by atoms with E-state index < -0.39 is 17.7 Å². The van der Waals surface area contributed by atoms with Crippen molar-refractivity contribution in [2.45, 2.75) is 19.4 Å². The van der Waals surface area contributed by atoms with E-state index in [0.717, 1.165) is 39.3 Å². The monoisotopic (exact) mass is 379 g/mol. The molecule has 1 aromatic carbocycles. The average molecular weight is 380 g/mol. The molecule has 1 amide bonds. The summed E-state index contributed by atoms with van der Waals surface area (Å²) in [6.45, 7) is 6.19. The third-order valence-electron chi connectivity index (χ3n) is 5.01. The number of ketones is 1. The number of aliphatic hydroxyl groups is 1. The van der Waals surface area contributed by atoms with Crippen LogP contribution in [0, 0.1) is 0 Å². The van der Waals surface area contributed by atoms with Crippen molar-refractivity contribution in [3.63, 3.8) is 0 Å². The second kappa shape index (κ2) is 8.20. The zero-order valence-electron chi connectivity index (χ0n) is 14.8. The van der Waals surface area contributed by atoms with E-state index in [0.29, 0.717) is 17.1 Å². The smallest absolute Gasteiger partial charge is 0.290 e. The van der Waals surface area contributed by atoms with Crippen molar-refractivity contribution in [2.24, 2.45) is 0 Å². The number of ether oxygens (including phenoxy) is 1. The Balaban J connectivity index is 1.79. The van der Waals surface area contributed by atoms with Crippen LogP contribution >= 0.6 is 11.6 Å². The van der Waals surface area contributed by atoms with E-state index in [1.807, 2.05) is 6.07 Å². The number of amides is 1.